The van der Waals surface area contributed by atoms with Gasteiger partial charge in [0, 0.05) is 18.5 Å². The molecule has 3 N–H and O–H groups in total. The monoisotopic (exact) mass is 439 g/mol. The van der Waals surface area contributed by atoms with E-state index in [9.17, 15) is 4.79 Å². The number of amides is 1. The van der Waals surface area contributed by atoms with E-state index in [1.807, 2.05) is 42.5 Å². The van der Waals surface area contributed by atoms with Gasteiger partial charge in [0.1, 0.15) is 0 Å². The fourth-order valence-corrected chi connectivity index (χ4v) is 3.96. The number of ether oxygens (including phenoxy) is 2. The molecular formula is C24H26ClN3O3. The van der Waals surface area contributed by atoms with E-state index in [1.54, 1.807) is 14.2 Å². The lowest BCUT2D eigenvalue weighted by Gasteiger charge is -2.13. The minimum absolute atomic E-state index is 0. The molecule has 0 spiro atoms. The molecule has 3 aromatic rings. The van der Waals surface area contributed by atoms with Gasteiger partial charge in [0.25, 0.3) is 5.91 Å². The molecule has 1 aliphatic carbocycles. The molecule has 0 fully saturated rings. The normalized spacial score (nSPS) is 13.6. The number of pyridine rings is 1. The van der Waals surface area contributed by atoms with E-state index in [1.165, 1.54) is 0 Å². The molecule has 0 aliphatic heterocycles. The van der Waals surface area contributed by atoms with Crippen molar-refractivity contribution < 1.29 is 14.3 Å². The lowest BCUT2D eigenvalue weighted by atomic mass is 10.00. The van der Waals surface area contributed by atoms with Crippen LogP contribution in [0.4, 0.5) is 0 Å². The number of fused-ring (bicyclic) bond motifs is 2. The molecule has 7 heteroatoms. The lowest BCUT2D eigenvalue weighted by Crippen LogP contribution is -2.30. The van der Waals surface area contributed by atoms with Gasteiger partial charge >= 0.3 is 0 Å². The third-order valence-corrected chi connectivity index (χ3v) is 5.35. The van der Waals surface area contributed by atoms with Gasteiger partial charge in [0.15, 0.2) is 11.5 Å². The van der Waals surface area contributed by atoms with E-state index in [2.05, 4.69) is 11.4 Å². The molecule has 6 nitrogen and oxygen atoms in total. The van der Waals surface area contributed by atoms with Crippen LogP contribution < -0.4 is 20.5 Å². The number of hydrogen-bond acceptors (Lipinski definition) is 5. The Bertz CT molecular complexity index is 1140. The second-order valence-corrected chi connectivity index (χ2v) is 7.16. The molecule has 2 aromatic carbocycles. The Morgan fingerprint density at radius 3 is 2.65 bits per heavy atom. The molecule has 4 rings (SSSR count). The van der Waals surface area contributed by atoms with Crippen LogP contribution >= 0.6 is 12.4 Å². The Kier molecular flexibility index (Phi) is 7.15. The highest BCUT2D eigenvalue weighted by Crippen LogP contribution is 2.38. The number of para-hydroxylation sites is 1. The predicted octanol–water partition coefficient (Wildman–Crippen LogP) is 3.85. The van der Waals surface area contributed by atoms with Crippen LogP contribution in [0.15, 0.2) is 42.5 Å². The van der Waals surface area contributed by atoms with E-state index in [-0.39, 0.29) is 18.3 Å². The number of rotatable bonds is 6. The first kappa shape index (κ1) is 22.6. The summed E-state index contributed by atoms with van der Waals surface area (Å²) < 4.78 is 10.8. The first-order chi connectivity index (χ1) is 14.7. The van der Waals surface area contributed by atoms with Gasteiger partial charge < -0.3 is 20.5 Å². The molecule has 0 radical (unpaired) electrons. The van der Waals surface area contributed by atoms with Gasteiger partial charge in [-0.05, 0) is 53.8 Å². The summed E-state index contributed by atoms with van der Waals surface area (Å²) in [5.74, 6) is 1.27. The van der Waals surface area contributed by atoms with Gasteiger partial charge in [0.05, 0.1) is 31.0 Å². The number of methoxy groups -OCH3 is 2. The van der Waals surface area contributed by atoms with Gasteiger partial charge in [-0.15, -0.1) is 12.4 Å². The van der Waals surface area contributed by atoms with Gasteiger partial charge in [0.2, 0.25) is 0 Å². The van der Waals surface area contributed by atoms with Gasteiger partial charge in [-0.1, -0.05) is 24.3 Å². The number of aromatic nitrogens is 1. The Labute approximate surface area is 187 Å². The van der Waals surface area contributed by atoms with Crippen LogP contribution in [-0.4, -0.2) is 38.2 Å². The molecule has 1 aromatic heterocycles. The first-order valence-electron chi connectivity index (χ1n) is 9.99. The van der Waals surface area contributed by atoms with Crippen LogP contribution in [-0.2, 0) is 6.42 Å². The highest BCUT2D eigenvalue weighted by molar-refractivity contribution is 6.09. The molecule has 0 unspecified atom stereocenters. The molecule has 0 atom stereocenters. The van der Waals surface area contributed by atoms with Crippen LogP contribution in [0.1, 0.15) is 33.6 Å². The maximum atomic E-state index is 13.0. The highest BCUT2D eigenvalue weighted by Gasteiger charge is 2.26. The topological polar surface area (TPSA) is 86.5 Å². The van der Waals surface area contributed by atoms with Crippen molar-refractivity contribution >= 4 is 40.9 Å². The summed E-state index contributed by atoms with van der Waals surface area (Å²) in [7, 11) is 3.25. The largest absolute Gasteiger partial charge is 0.493 e. The quantitative estimate of drug-likeness (QED) is 0.609. The van der Waals surface area contributed by atoms with Crippen molar-refractivity contribution in [3.8, 4) is 11.5 Å². The number of nitrogens with zero attached hydrogens (tertiary/aromatic N) is 1. The zero-order valence-electron chi connectivity index (χ0n) is 17.6. The number of halogens is 1. The molecule has 162 valence electrons. The Balaban J connectivity index is 0.00000272. The van der Waals surface area contributed by atoms with Crippen LogP contribution in [0.25, 0.3) is 22.6 Å². The predicted molar refractivity (Wildman–Crippen MR) is 126 cm³/mol. The standard InChI is InChI=1S/C24H25N3O3.ClH/c1-29-20-10-7-15(14-21(20)30-2)13-16-8-9-18-22(24(28)26-12-11-25)17-5-3-4-6-19(17)27-23(16)18;/h3-7,10,13-14H,8-9,11-12,25H2,1-2H3,(H,26,28);1H/b16-13+;. The second-order valence-electron chi connectivity index (χ2n) is 7.16. The summed E-state index contributed by atoms with van der Waals surface area (Å²) >= 11 is 0. The average Bonchev–Trinajstić information content (AvgIpc) is 3.17. The summed E-state index contributed by atoms with van der Waals surface area (Å²) in [5.41, 5.74) is 11.1. The van der Waals surface area contributed by atoms with Crippen molar-refractivity contribution in [1.82, 2.24) is 10.3 Å². The van der Waals surface area contributed by atoms with E-state index >= 15 is 0 Å². The molecule has 31 heavy (non-hydrogen) atoms. The minimum Gasteiger partial charge on any atom is -0.493 e. The summed E-state index contributed by atoms with van der Waals surface area (Å²) in [5, 5.41) is 3.79. The zero-order valence-corrected chi connectivity index (χ0v) is 18.4. The van der Waals surface area contributed by atoms with E-state index in [4.69, 9.17) is 20.2 Å². The van der Waals surface area contributed by atoms with Gasteiger partial charge in [-0.3, -0.25) is 4.79 Å². The van der Waals surface area contributed by atoms with Crippen LogP contribution in [0, 0.1) is 0 Å². The van der Waals surface area contributed by atoms with E-state index < -0.39 is 0 Å². The number of allylic oxidation sites excluding steroid dienone is 1. The smallest absolute Gasteiger partial charge is 0.252 e. The fraction of sp³-hybridized carbons (Fsp3) is 0.250. The molecule has 1 heterocycles. The van der Waals surface area contributed by atoms with Crippen molar-refractivity contribution in [1.29, 1.82) is 0 Å². The SMILES string of the molecule is COc1ccc(/C=C2\CCc3c2nc2ccccc2c3C(=O)NCCN)cc1OC.Cl. The van der Waals surface area contributed by atoms with Crippen LogP contribution in [0.3, 0.4) is 0 Å². The molecular weight excluding hydrogens is 414 g/mol. The first-order valence-corrected chi connectivity index (χ1v) is 9.99. The zero-order chi connectivity index (χ0) is 21.1. The molecule has 1 aliphatic rings. The number of carbonyl (C=O) groups excluding carboxylic acids is 1. The van der Waals surface area contributed by atoms with Crippen LogP contribution in [0.2, 0.25) is 0 Å². The van der Waals surface area contributed by atoms with Gasteiger partial charge in [-0.25, -0.2) is 4.98 Å². The van der Waals surface area contributed by atoms with Crippen molar-refractivity contribution in [2.24, 2.45) is 5.73 Å². The maximum Gasteiger partial charge on any atom is 0.252 e. The third-order valence-electron chi connectivity index (χ3n) is 5.35. The van der Waals surface area contributed by atoms with Gasteiger partial charge in [-0.2, -0.15) is 0 Å². The van der Waals surface area contributed by atoms with Crippen molar-refractivity contribution in [3.05, 3.63) is 64.8 Å². The highest BCUT2D eigenvalue weighted by atomic mass is 35.5. The number of benzene rings is 2. The number of nitrogens with two attached hydrogens (primary N) is 1. The third kappa shape index (κ3) is 4.36. The number of nitrogens with one attached hydrogen (secondary N) is 1. The molecule has 0 saturated carbocycles. The second kappa shape index (κ2) is 9.81. The fourth-order valence-electron chi connectivity index (χ4n) is 3.96. The summed E-state index contributed by atoms with van der Waals surface area (Å²) in [6.45, 7) is 0.847. The van der Waals surface area contributed by atoms with Crippen molar-refractivity contribution in [2.45, 2.75) is 12.8 Å². The maximum absolute atomic E-state index is 13.0. The minimum atomic E-state index is -0.0948. The lowest BCUT2D eigenvalue weighted by molar-refractivity contribution is 0.0955. The average molecular weight is 440 g/mol. The van der Waals surface area contributed by atoms with Crippen molar-refractivity contribution in [2.75, 3.05) is 27.3 Å². The van der Waals surface area contributed by atoms with Crippen molar-refractivity contribution in [3.63, 3.8) is 0 Å². The van der Waals surface area contributed by atoms with Crippen LogP contribution in [0.5, 0.6) is 11.5 Å². The molecule has 1 amide bonds. The summed E-state index contributed by atoms with van der Waals surface area (Å²) in [4.78, 5) is 17.9. The Morgan fingerprint density at radius 2 is 1.90 bits per heavy atom. The Morgan fingerprint density at radius 1 is 1.13 bits per heavy atom. The number of hydrogen-bond donors (Lipinski definition) is 2. The summed E-state index contributed by atoms with van der Waals surface area (Å²) in [6, 6.07) is 13.6. The molecule has 0 bridgehead atoms. The van der Waals surface area contributed by atoms with E-state index in [0.717, 1.165) is 46.1 Å². The Hall–Kier alpha value is -3.09. The molecule has 0 saturated heterocycles. The number of carbonyl (C=O) groups is 1. The summed E-state index contributed by atoms with van der Waals surface area (Å²) in [6.07, 6.45) is 3.71. The van der Waals surface area contributed by atoms with E-state index in [0.29, 0.717) is 30.2 Å².